The maximum atomic E-state index is 13.5. The zero-order valence-electron chi connectivity index (χ0n) is 21.3. The number of rotatable bonds is 10. The van der Waals surface area contributed by atoms with E-state index in [1.807, 2.05) is 13.8 Å². The van der Waals surface area contributed by atoms with E-state index >= 15 is 0 Å². The third-order valence-corrected chi connectivity index (χ3v) is 6.54. The van der Waals surface area contributed by atoms with Crippen LogP contribution in [0.3, 0.4) is 0 Å². The second-order valence-electron chi connectivity index (χ2n) is 8.43. The molecule has 10 heteroatoms. The first-order chi connectivity index (χ1) is 17.2. The van der Waals surface area contributed by atoms with Crippen LogP contribution in [0.2, 0.25) is 5.02 Å². The van der Waals surface area contributed by atoms with Crippen molar-refractivity contribution < 1.29 is 28.6 Å². The SMILES string of the molecule is CCCCN(CC(=O)N1CC(=O)N(c2cccc(Cl)c2C)C1)C(=O)c1cc(OC)c(OC)c(OC)c1. The summed E-state index contributed by atoms with van der Waals surface area (Å²) in [5, 5.41) is 0.548. The molecule has 0 unspecified atom stereocenters. The molecule has 0 bridgehead atoms. The number of ether oxygens (including phenoxy) is 3. The number of anilines is 1. The van der Waals surface area contributed by atoms with Gasteiger partial charge < -0.3 is 24.0 Å². The lowest BCUT2D eigenvalue weighted by Gasteiger charge is -2.26. The highest BCUT2D eigenvalue weighted by Gasteiger charge is 2.34. The van der Waals surface area contributed by atoms with E-state index in [2.05, 4.69) is 0 Å². The van der Waals surface area contributed by atoms with Crippen LogP contribution in [0.1, 0.15) is 35.7 Å². The minimum absolute atomic E-state index is 0.0647. The first-order valence-electron chi connectivity index (χ1n) is 11.7. The molecule has 3 amide bonds. The van der Waals surface area contributed by atoms with Gasteiger partial charge in [0.15, 0.2) is 11.5 Å². The molecule has 2 aromatic carbocycles. The lowest BCUT2D eigenvalue weighted by Crippen LogP contribution is -2.43. The highest BCUT2D eigenvalue weighted by atomic mass is 35.5. The third-order valence-electron chi connectivity index (χ3n) is 6.13. The molecule has 0 radical (unpaired) electrons. The van der Waals surface area contributed by atoms with Gasteiger partial charge in [0, 0.05) is 22.8 Å². The van der Waals surface area contributed by atoms with Crippen LogP contribution in [-0.2, 0) is 9.59 Å². The molecule has 0 saturated carbocycles. The van der Waals surface area contributed by atoms with Gasteiger partial charge in [-0.2, -0.15) is 0 Å². The molecule has 9 nitrogen and oxygen atoms in total. The van der Waals surface area contributed by atoms with Gasteiger partial charge in [-0.25, -0.2) is 0 Å². The summed E-state index contributed by atoms with van der Waals surface area (Å²) in [6, 6.07) is 8.45. The van der Waals surface area contributed by atoms with Crippen LogP contribution >= 0.6 is 11.6 Å². The molecule has 0 aliphatic carbocycles. The second-order valence-corrected chi connectivity index (χ2v) is 8.84. The number of carbonyl (C=O) groups is 3. The number of nitrogens with zero attached hydrogens (tertiary/aromatic N) is 3. The van der Waals surface area contributed by atoms with Gasteiger partial charge in [-0.15, -0.1) is 0 Å². The average molecular weight is 518 g/mol. The van der Waals surface area contributed by atoms with Gasteiger partial charge in [-0.3, -0.25) is 19.3 Å². The first-order valence-corrected chi connectivity index (χ1v) is 12.1. The zero-order valence-corrected chi connectivity index (χ0v) is 22.1. The highest BCUT2D eigenvalue weighted by Crippen LogP contribution is 2.38. The fourth-order valence-corrected chi connectivity index (χ4v) is 4.24. The molecular formula is C26H32ClN3O6. The number of hydrogen-bond acceptors (Lipinski definition) is 6. The minimum Gasteiger partial charge on any atom is -0.493 e. The number of benzene rings is 2. The first kappa shape index (κ1) is 27.1. The summed E-state index contributed by atoms with van der Waals surface area (Å²) in [5.41, 5.74) is 1.74. The molecule has 0 spiro atoms. The van der Waals surface area contributed by atoms with Crippen molar-refractivity contribution in [1.82, 2.24) is 9.80 Å². The van der Waals surface area contributed by atoms with Crippen LogP contribution < -0.4 is 19.1 Å². The van der Waals surface area contributed by atoms with Crippen LogP contribution in [0.25, 0.3) is 0 Å². The molecule has 0 N–H and O–H groups in total. The molecule has 1 saturated heterocycles. The Labute approximate surface area is 216 Å². The van der Waals surface area contributed by atoms with Gasteiger partial charge >= 0.3 is 0 Å². The number of halogens is 1. The van der Waals surface area contributed by atoms with Gasteiger partial charge in [-0.05, 0) is 43.2 Å². The lowest BCUT2D eigenvalue weighted by molar-refractivity contribution is -0.132. The molecule has 1 fully saturated rings. The van der Waals surface area contributed by atoms with Crippen molar-refractivity contribution in [3.63, 3.8) is 0 Å². The summed E-state index contributed by atoms with van der Waals surface area (Å²) in [6.07, 6.45) is 1.56. The van der Waals surface area contributed by atoms with Crippen molar-refractivity contribution in [2.24, 2.45) is 0 Å². The molecule has 36 heavy (non-hydrogen) atoms. The standard InChI is InChI=1S/C26H32ClN3O6/c1-6-7-11-28(26(33)18-12-21(34-3)25(36-5)22(13-18)35-4)14-23(31)29-15-24(32)30(16-29)20-10-8-9-19(27)17(20)2/h8-10,12-13H,6-7,11,14-16H2,1-5H3. The van der Waals surface area contributed by atoms with E-state index in [9.17, 15) is 14.4 Å². The zero-order chi connectivity index (χ0) is 26.4. The van der Waals surface area contributed by atoms with Crippen LogP contribution in [0.4, 0.5) is 5.69 Å². The van der Waals surface area contributed by atoms with Gasteiger partial charge in [0.25, 0.3) is 5.91 Å². The van der Waals surface area contributed by atoms with Gasteiger partial charge in [0.2, 0.25) is 17.6 Å². The predicted molar refractivity (Wildman–Crippen MR) is 137 cm³/mol. The van der Waals surface area contributed by atoms with Crippen molar-refractivity contribution in [1.29, 1.82) is 0 Å². The highest BCUT2D eigenvalue weighted by molar-refractivity contribution is 6.31. The Morgan fingerprint density at radius 3 is 2.33 bits per heavy atom. The lowest BCUT2D eigenvalue weighted by atomic mass is 10.1. The van der Waals surface area contributed by atoms with Gasteiger partial charge in [-0.1, -0.05) is 31.0 Å². The largest absolute Gasteiger partial charge is 0.493 e. The fourth-order valence-electron chi connectivity index (χ4n) is 4.07. The van der Waals surface area contributed by atoms with E-state index in [1.54, 1.807) is 30.3 Å². The third kappa shape index (κ3) is 5.67. The molecule has 0 aromatic heterocycles. The topological polar surface area (TPSA) is 88.6 Å². The van der Waals surface area contributed by atoms with Crippen LogP contribution in [-0.4, -0.2) is 75.2 Å². The number of amides is 3. The Kier molecular flexibility index (Phi) is 9.03. The number of hydrogen-bond donors (Lipinski definition) is 0. The molecular weight excluding hydrogens is 486 g/mol. The second kappa shape index (κ2) is 12.0. The van der Waals surface area contributed by atoms with Crippen molar-refractivity contribution in [2.75, 3.05) is 52.5 Å². The van der Waals surface area contributed by atoms with E-state index in [0.29, 0.717) is 40.1 Å². The monoisotopic (exact) mass is 517 g/mol. The Bertz CT molecular complexity index is 1110. The molecule has 3 rings (SSSR count). The fraction of sp³-hybridized carbons (Fsp3) is 0.423. The van der Waals surface area contributed by atoms with Crippen molar-refractivity contribution in [3.05, 3.63) is 46.5 Å². The number of unbranched alkanes of at least 4 members (excludes halogenated alkanes) is 1. The van der Waals surface area contributed by atoms with E-state index in [4.69, 9.17) is 25.8 Å². The van der Waals surface area contributed by atoms with Crippen LogP contribution in [0, 0.1) is 6.92 Å². The summed E-state index contributed by atoms with van der Waals surface area (Å²) in [7, 11) is 4.43. The van der Waals surface area contributed by atoms with Crippen LogP contribution in [0.5, 0.6) is 17.2 Å². The molecule has 194 valence electrons. The number of carbonyl (C=O) groups excluding carboxylic acids is 3. The van der Waals surface area contributed by atoms with E-state index in [1.165, 1.54) is 36.0 Å². The van der Waals surface area contributed by atoms with Crippen molar-refractivity contribution in [2.45, 2.75) is 26.7 Å². The number of methoxy groups -OCH3 is 3. The summed E-state index contributed by atoms with van der Waals surface area (Å²) in [6.45, 7) is 4.09. The molecule has 1 heterocycles. The smallest absolute Gasteiger partial charge is 0.254 e. The molecule has 0 atom stereocenters. The predicted octanol–water partition coefficient (Wildman–Crippen LogP) is 3.75. The minimum atomic E-state index is -0.343. The summed E-state index contributed by atoms with van der Waals surface area (Å²) in [5.74, 6) is 0.204. The maximum absolute atomic E-state index is 13.5. The van der Waals surface area contributed by atoms with Crippen molar-refractivity contribution in [3.8, 4) is 17.2 Å². The summed E-state index contributed by atoms with van der Waals surface area (Å²) < 4.78 is 16.1. The van der Waals surface area contributed by atoms with Crippen LogP contribution in [0.15, 0.2) is 30.3 Å². The maximum Gasteiger partial charge on any atom is 0.254 e. The normalized spacial score (nSPS) is 13.1. The molecule has 1 aliphatic rings. The molecule has 1 aliphatic heterocycles. The Morgan fingerprint density at radius 1 is 1.08 bits per heavy atom. The Balaban J connectivity index is 1.81. The summed E-state index contributed by atoms with van der Waals surface area (Å²) in [4.78, 5) is 43.9. The van der Waals surface area contributed by atoms with E-state index in [0.717, 1.165) is 18.4 Å². The molecule has 2 aromatic rings. The Morgan fingerprint density at radius 2 is 1.75 bits per heavy atom. The Hall–Kier alpha value is -3.46. The quantitative estimate of drug-likeness (QED) is 0.477. The summed E-state index contributed by atoms with van der Waals surface area (Å²) >= 11 is 6.22. The van der Waals surface area contributed by atoms with Gasteiger partial charge in [0.05, 0.1) is 21.3 Å². The average Bonchev–Trinajstić information content (AvgIpc) is 3.27. The van der Waals surface area contributed by atoms with Crippen molar-refractivity contribution >= 4 is 35.0 Å². The van der Waals surface area contributed by atoms with Gasteiger partial charge in [0.1, 0.15) is 19.8 Å². The van der Waals surface area contributed by atoms with E-state index in [-0.39, 0.29) is 37.5 Å². The van der Waals surface area contributed by atoms with E-state index < -0.39 is 0 Å².